The second-order valence-corrected chi connectivity index (χ2v) is 16.9. The van der Waals surface area contributed by atoms with Gasteiger partial charge in [-0.05, 0) is 89.9 Å². The summed E-state index contributed by atoms with van der Waals surface area (Å²) in [4.78, 5) is 17.3. The van der Waals surface area contributed by atoms with Gasteiger partial charge in [0.2, 0.25) is 0 Å². The summed E-state index contributed by atoms with van der Waals surface area (Å²) in [5.41, 5.74) is 12.7. The lowest BCUT2D eigenvalue weighted by atomic mass is 9.73. The fraction of sp³-hybridized carbons (Fsp3) is 0.490. The van der Waals surface area contributed by atoms with Gasteiger partial charge in [-0.25, -0.2) is 0 Å². The number of nitrogens with two attached hydrogens (primary N) is 1. The minimum atomic E-state index is -1.05. The Kier molecular flexibility index (Phi) is 12.0. The molecule has 9 heteroatoms. The third-order valence-electron chi connectivity index (χ3n) is 13.1. The summed E-state index contributed by atoms with van der Waals surface area (Å²) in [6.07, 6.45) is 23.3. The normalized spacial score (nSPS) is 22.3. The van der Waals surface area contributed by atoms with E-state index in [4.69, 9.17) is 15.2 Å². The lowest BCUT2D eigenvalue weighted by Gasteiger charge is -2.35. The van der Waals surface area contributed by atoms with E-state index in [0.29, 0.717) is 37.2 Å². The molecular formula is C49H58N4O5. The molecular weight excluding hydrogens is 725 g/mol. The number of aromatic amines is 1. The molecule has 4 aliphatic rings. The van der Waals surface area contributed by atoms with Gasteiger partial charge < -0.3 is 40.3 Å². The third kappa shape index (κ3) is 8.06. The molecule has 2 aromatic heterocycles. The molecule has 6 atom stereocenters. The minimum absolute atomic E-state index is 0.124. The van der Waals surface area contributed by atoms with Crippen molar-refractivity contribution in [3.8, 4) is 35.4 Å². The Labute approximate surface area is 342 Å². The number of H-pyrrole nitrogens is 1. The van der Waals surface area contributed by atoms with Gasteiger partial charge in [0.15, 0.2) is 17.7 Å². The third-order valence-corrected chi connectivity index (χ3v) is 13.1. The van der Waals surface area contributed by atoms with Crippen molar-refractivity contribution in [1.29, 1.82) is 0 Å². The molecule has 4 aromatic rings. The Morgan fingerprint density at radius 2 is 1.81 bits per heavy atom. The zero-order chi connectivity index (χ0) is 40.2. The van der Waals surface area contributed by atoms with Crippen molar-refractivity contribution in [1.82, 2.24) is 14.9 Å². The van der Waals surface area contributed by atoms with E-state index in [0.717, 1.165) is 115 Å². The molecule has 0 radical (unpaired) electrons. The van der Waals surface area contributed by atoms with E-state index in [1.165, 1.54) is 0 Å². The van der Waals surface area contributed by atoms with E-state index in [1.54, 1.807) is 0 Å². The van der Waals surface area contributed by atoms with Crippen molar-refractivity contribution in [2.75, 3.05) is 0 Å². The second-order valence-electron chi connectivity index (χ2n) is 16.9. The van der Waals surface area contributed by atoms with Crippen LogP contribution >= 0.6 is 0 Å². The van der Waals surface area contributed by atoms with Crippen LogP contribution in [0.15, 0.2) is 55.1 Å². The number of carbonyl (C=O) groups is 1. The lowest BCUT2D eigenvalue weighted by Crippen LogP contribution is -2.35. The van der Waals surface area contributed by atoms with Crippen LogP contribution in [-0.2, 0) is 17.6 Å². The fourth-order valence-corrected chi connectivity index (χ4v) is 9.70. The standard InChI is InChI=1S/C49H58N4O5/c1-3-5-7-11-37(42(54)12-8-6-4-2)44(56)18-13-32-14-20-45-46(27-32)58-48-40(49(24-26-57-45)22-9-10-23-49)17-19-43(55)35-15-16-36-34(21-25-51-47(36)50)38(35)28-33-29-52-41-31-53(48)30-39(33)41/h14-16,20-21,25,27,29-31,37,40,42-43,47-48,51-52,54-55H,3-13,18,22-23,28,50H2,1-2H3/t37-,40+,42-,43+,47+,48+/m1/s1. The maximum Gasteiger partial charge on any atom is 0.191 e. The minimum Gasteiger partial charge on any atom is -0.465 e. The van der Waals surface area contributed by atoms with E-state index in [9.17, 15) is 15.0 Å². The number of fused-ring (bicyclic) bond motifs is 8. The molecule has 9 nitrogen and oxygen atoms in total. The van der Waals surface area contributed by atoms with Crippen LogP contribution in [0.1, 0.15) is 149 Å². The molecule has 1 fully saturated rings. The summed E-state index contributed by atoms with van der Waals surface area (Å²) in [6.45, 7) is 4.31. The highest BCUT2D eigenvalue weighted by molar-refractivity contribution is 5.84. The number of benzene rings is 2. The van der Waals surface area contributed by atoms with Crippen LogP contribution in [-0.4, -0.2) is 31.7 Å². The SMILES string of the molecule is CCCCC[C@@H](O)[C@@H](CCCCC)C(=O)CCc1ccc2c(c1)O[C@H]1[C@H](C#C[C@H](O)c3ccc4c(c3Cc3c[nH]c5cn1cc35)C=CN[C@@H]4N)C1(C#CO2)CCCC1. The molecule has 0 unspecified atom stereocenters. The largest absolute Gasteiger partial charge is 0.465 e. The number of hydrogen-bond acceptors (Lipinski definition) is 7. The first kappa shape index (κ1) is 39.9. The molecule has 0 saturated heterocycles. The summed E-state index contributed by atoms with van der Waals surface area (Å²) in [5, 5.41) is 27.4. The number of carbonyl (C=O) groups excluding carboxylic acids is 1. The number of unbranched alkanes of at least 4 members (excludes halogenated alkanes) is 4. The Morgan fingerprint density at radius 3 is 2.62 bits per heavy atom. The number of Topliss-reactive ketones (excluding diaryl/α,β-unsaturated/α-hetero) is 1. The highest BCUT2D eigenvalue weighted by Gasteiger charge is 2.46. The van der Waals surface area contributed by atoms with Crippen molar-refractivity contribution in [2.45, 2.75) is 135 Å². The van der Waals surface area contributed by atoms with Crippen molar-refractivity contribution in [2.24, 2.45) is 23.0 Å². The fourth-order valence-electron chi connectivity index (χ4n) is 9.70. The van der Waals surface area contributed by atoms with E-state index in [2.05, 4.69) is 65.0 Å². The zero-order valence-corrected chi connectivity index (χ0v) is 34.0. The average molecular weight is 783 g/mol. The number of aromatic nitrogens is 2. The van der Waals surface area contributed by atoms with Gasteiger partial charge in [-0.2, -0.15) is 0 Å². The molecule has 3 aliphatic heterocycles. The van der Waals surface area contributed by atoms with Gasteiger partial charge in [0.25, 0.3) is 0 Å². The molecule has 304 valence electrons. The molecule has 2 bridgehead atoms. The van der Waals surface area contributed by atoms with Gasteiger partial charge in [-0.3, -0.25) is 4.79 Å². The van der Waals surface area contributed by atoms with E-state index in [-0.39, 0.29) is 17.9 Å². The maximum atomic E-state index is 13.8. The number of ether oxygens (including phenoxy) is 2. The molecule has 58 heavy (non-hydrogen) atoms. The molecule has 1 spiro atoms. The first-order chi connectivity index (χ1) is 28.3. The van der Waals surface area contributed by atoms with Crippen LogP contribution in [0.4, 0.5) is 0 Å². The first-order valence-corrected chi connectivity index (χ1v) is 21.7. The Balaban J connectivity index is 1.15. The number of aliphatic hydroxyl groups is 2. The van der Waals surface area contributed by atoms with E-state index < -0.39 is 29.8 Å². The van der Waals surface area contributed by atoms with Gasteiger partial charge in [0, 0.05) is 42.7 Å². The van der Waals surface area contributed by atoms with E-state index in [1.807, 2.05) is 48.8 Å². The first-order valence-electron chi connectivity index (χ1n) is 21.7. The van der Waals surface area contributed by atoms with Gasteiger partial charge >= 0.3 is 0 Å². The second kappa shape index (κ2) is 17.5. The number of nitrogens with one attached hydrogen (secondary N) is 2. The summed E-state index contributed by atoms with van der Waals surface area (Å²) in [7, 11) is 0. The van der Waals surface area contributed by atoms with Gasteiger partial charge in [0.05, 0.1) is 23.0 Å². The molecule has 6 N–H and O–H groups in total. The van der Waals surface area contributed by atoms with Crippen molar-refractivity contribution < 1.29 is 24.5 Å². The number of aryl methyl sites for hydroxylation is 1. The van der Waals surface area contributed by atoms with Crippen LogP contribution in [0.5, 0.6) is 11.5 Å². The van der Waals surface area contributed by atoms with Crippen molar-refractivity contribution >= 4 is 22.8 Å². The topological polar surface area (TPSA) is 135 Å². The van der Waals surface area contributed by atoms with E-state index >= 15 is 0 Å². The Bertz CT molecular complexity index is 2270. The van der Waals surface area contributed by atoms with Crippen LogP contribution < -0.4 is 20.5 Å². The van der Waals surface area contributed by atoms with Crippen LogP contribution in [0.2, 0.25) is 0 Å². The smallest absolute Gasteiger partial charge is 0.191 e. The summed E-state index contributed by atoms with van der Waals surface area (Å²) in [5.74, 6) is 10.8. The van der Waals surface area contributed by atoms with Crippen LogP contribution in [0, 0.1) is 41.1 Å². The number of aliphatic hydroxyl groups excluding tert-OH is 2. The van der Waals surface area contributed by atoms with Crippen LogP contribution in [0.25, 0.3) is 17.0 Å². The van der Waals surface area contributed by atoms with Crippen molar-refractivity contribution in [3.05, 3.63) is 88.5 Å². The predicted molar refractivity (Wildman–Crippen MR) is 227 cm³/mol. The van der Waals surface area contributed by atoms with Crippen LogP contribution in [0.3, 0.4) is 0 Å². The predicted octanol–water partition coefficient (Wildman–Crippen LogP) is 8.89. The van der Waals surface area contributed by atoms with Gasteiger partial charge in [-0.15, -0.1) is 0 Å². The molecule has 5 heterocycles. The lowest BCUT2D eigenvalue weighted by molar-refractivity contribution is -0.126. The average Bonchev–Trinajstić information content (AvgIpc) is 3.97. The van der Waals surface area contributed by atoms with Gasteiger partial charge in [0.1, 0.15) is 24.2 Å². The zero-order valence-electron chi connectivity index (χ0n) is 34.0. The molecule has 1 aliphatic carbocycles. The number of nitrogens with zero attached hydrogens (tertiary/aromatic N) is 1. The number of hydrogen-bond donors (Lipinski definition) is 5. The summed E-state index contributed by atoms with van der Waals surface area (Å²) >= 11 is 0. The highest BCUT2D eigenvalue weighted by Crippen LogP contribution is 2.50. The molecule has 0 amide bonds. The van der Waals surface area contributed by atoms with Gasteiger partial charge in [-0.1, -0.05) is 101 Å². The summed E-state index contributed by atoms with van der Waals surface area (Å²) < 4.78 is 15.4. The van der Waals surface area contributed by atoms with Crippen molar-refractivity contribution in [3.63, 3.8) is 0 Å². The number of ketones is 1. The summed E-state index contributed by atoms with van der Waals surface area (Å²) in [6, 6.07) is 9.81. The molecule has 8 rings (SSSR count). The quantitative estimate of drug-likeness (QED) is 0.0676. The molecule has 1 saturated carbocycles. The Hall–Kier alpha value is -4.93. The Morgan fingerprint density at radius 1 is 1.02 bits per heavy atom. The number of rotatable bonds is 13. The monoisotopic (exact) mass is 782 g/mol. The highest BCUT2D eigenvalue weighted by atomic mass is 16.5. The maximum absolute atomic E-state index is 13.8. The molecule has 2 aromatic carbocycles.